The fraction of sp³-hybridized carbons (Fsp3) is 0.833. The molecular formula is C12H20BNO5. The Balaban J connectivity index is 1.99. The van der Waals surface area contributed by atoms with Crippen LogP contribution in [0, 0.1) is 5.92 Å². The summed E-state index contributed by atoms with van der Waals surface area (Å²) >= 11 is 0. The molecule has 1 saturated heterocycles. The molecule has 0 spiro atoms. The third kappa shape index (κ3) is 3.94. The van der Waals surface area contributed by atoms with Crippen LogP contribution in [0.4, 0.5) is 0 Å². The van der Waals surface area contributed by atoms with Gasteiger partial charge in [0.15, 0.2) is 0 Å². The SMILES string of the molecule is CN1CC(=O)OB(C(O)C2CCCCC2)OC(=O)C1. The van der Waals surface area contributed by atoms with Crippen LogP contribution in [0.2, 0.25) is 0 Å². The third-order valence-corrected chi connectivity index (χ3v) is 3.70. The fourth-order valence-corrected chi connectivity index (χ4v) is 2.69. The molecule has 1 aliphatic carbocycles. The zero-order chi connectivity index (χ0) is 13.8. The summed E-state index contributed by atoms with van der Waals surface area (Å²) in [4.78, 5) is 24.7. The van der Waals surface area contributed by atoms with Gasteiger partial charge in [0.2, 0.25) is 0 Å². The number of aliphatic hydroxyl groups is 1. The fourth-order valence-electron chi connectivity index (χ4n) is 2.69. The molecule has 6 nitrogen and oxygen atoms in total. The first-order valence-corrected chi connectivity index (χ1v) is 6.82. The highest BCUT2D eigenvalue weighted by Crippen LogP contribution is 2.28. The lowest BCUT2D eigenvalue weighted by Crippen LogP contribution is -2.50. The molecule has 0 radical (unpaired) electrons. The van der Waals surface area contributed by atoms with Gasteiger partial charge in [-0.05, 0) is 25.8 Å². The minimum atomic E-state index is -1.16. The maximum Gasteiger partial charge on any atom is 0.629 e. The van der Waals surface area contributed by atoms with Gasteiger partial charge < -0.3 is 14.4 Å². The van der Waals surface area contributed by atoms with Crippen LogP contribution in [0.15, 0.2) is 0 Å². The second-order valence-corrected chi connectivity index (χ2v) is 5.41. The number of hydrogen-bond donors (Lipinski definition) is 1. The number of rotatable bonds is 2. The molecule has 106 valence electrons. The van der Waals surface area contributed by atoms with Crippen molar-refractivity contribution < 1.29 is 24.0 Å². The van der Waals surface area contributed by atoms with Crippen molar-refractivity contribution in [2.45, 2.75) is 38.1 Å². The molecule has 19 heavy (non-hydrogen) atoms. The summed E-state index contributed by atoms with van der Waals surface area (Å²) in [5, 5.41) is 10.2. The normalized spacial score (nSPS) is 25.3. The van der Waals surface area contributed by atoms with Gasteiger partial charge in [-0.15, -0.1) is 0 Å². The van der Waals surface area contributed by atoms with E-state index >= 15 is 0 Å². The summed E-state index contributed by atoms with van der Waals surface area (Å²) in [5.41, 5.74) is 0. The maximum atomic E-state index is 11.6. The van der Waals surface area contributed by atoms with Crippen LogP contribution >= 0.6 is 0 Å². The summed E-state index contributed by atoms with van der Waals surface area (Å²) in [5.74, 6) is -0.916. The molecule has 2 aliphatic rings. The molecule has 1 atom stereocenters. The van der Waals surface area contributed by atoms with E-state index in [0.717, 1.165) is 32.1 Å². The van der Waals surface area contributed by atoms with Crippen LogP contribution in [-0.2, 0) is 18.9 Å². The third-order valence-electron chi connectivity index (χ3n) is 3.70. The lowest BCUT2D eigenvalue weighted by atomic mass is 9.68. The molecule has 0 aromatic carbocycles. The van der Waals surface area contributed by atoms with Crippen molar-refractivity contribution in [3.63, 3.8) is 0 Å². The first-order chi connectivity index (χ1) is 9.06. The molecule has 0 aromatic heterocycles. The molecule has 0 amide bonds. The Hall–Kier alpha value is -1.08. The van der Waals surface area contributed by atoms with Gasteiger partial charge in [0, 0.05) is 0 Å². The summed E-state index contributed by atoms with van der Waals surface area (Å²) in [6, 6.07) is -0.920. The summed E-state index contributed by atoms with van der Waals surface area (Å²) in [7, 11) is 0.484. The van der Waals surface area contributed by atoms with Crippen molar-refractivity contribution in [3.05, 3.63) is 0 Å². The van der Waals surface area contributed by atoms with E-state index in [1.165, 1.54) is 4.90 Å². The van der Waals surface area contributed by atoms with E-state index in [9.17, 15) is 14.7 Å². The summed E-state index contributed by atoms with van der Waals surface area (Å²) < 4.78 is 10.1. The van der Waals surface area contributed by atoms with E-state index in [1.54, 1.807) is 7.05 Å². The first kappa shape index (κ1) is 14.3. The van der Waals surface area contributed by atoms with Gasteiger partial charge >= 0.3 is 19.1 Å². The van der Waals surface area contributed by atoms with Crippen molar-refractivity contribution in [2.24, 2.45) is 5.92 Å². The van der Waals surface area contributed by atoms with Crippen molar-refractivity contribution in [1.82, 2.24) is 4.90 Å². The minimum absolute atomic E-state index is 0.0307. The van der Waals surface area contributed by atoms with Crippen LogP contribution < -0.4 is 0 Å². The van der Waals surface area contributed by atoms with Gasteiger partial charge in [0.25, 0.3) is 0 Å². The lowest BCUT2D eigenvalue weighted by molar-refractivity contribution is -0.147. The summed E-state index contributed by atoms with van der Waals surface area (Å²) in [6.07, 6.45) is 5.04. The Morgan fingerprint density at radius 2 is 1.68 bits per heavy atom. The minimum Gasteiger partial charge on any atom is -0.497 e. The van der Waals surface area contributed by atoms with Gasteiger partial charge in [-0.25, -0.2) is 0 Å². The van der Waals surface area contributed by atoms with E-state index < -0.39 is 25.1 Å². The molecule has 1 aliphatic heterocycles. The molecule has 0 aromatic rings. The van der Waals surface area contributed by atoms with Gasteiger partial charge in [-0.2, -0.15) is 0 Å². The Kier molecular flexibility index (Phi) is 4.82. The van der Waals surface area contributed by atoms with Gasteiger partial charge in [-0.1, -0.05) is 19.3 Å². The number of carbonyl (C=O) groups is 2. The maximum absolute atomic E-state index is 11.6. The average Bonchev–Trinajstić information content (AvgIpc) is 2.36. The molecule has 2 fully saturated rings. The van der Waals surface area contributed by atoms with Crippen molar-refractivity contribution >= 4 is 19.1 Å². The highest BCUT2D eigenvalue weighted by atomic mass is 16.6. The monoisotopic (exact) mass is 269 g/mol. The van der Waals surface area contributed by atoms with Crippen LogP contribution in [0.1, 0.15) is 32.1 Å². The second kappa shape index (κ2) is 6.39. The van der Waals surface area contributed by atoms with E-state index in [4.69, 9.17) is 9.31 Å². The first-order valence-electron chi connectivity index (χ1n) is 6.82. The molecule has 2 rings (SSSR count). The van der Waals surface area contributed by atoms with Crippen LogP contribution in [0.5, 0.6) is 0 Å². The summed E-state index contributed by atoms with van der Waals surface area (Å²) in [6.45, 7) is 0.0615. The van der Waals surface area contributed by atoms with Crippen molar-refractivity contribution in [2.75, 3.05) is 20.1 Å². The molecule has 1 saturated carbocycles. The zero-order valence-corrected chi connectivity index (χ0v) is 11.2. The molecule has 1 heterocycles. The molecule has 1 unspecified atom stereocenters. The van der Waals surface area contributed by atoms with Crippen LogP contribution in [0.3, 0.4) is 0 Å². The Labute approximate surface area is 113 Å². The highest BCUT2D eigenvalue weighted by molar-refractivity contribution is 6.50. The number of hydrogen-bond acceptors (Lipinski definition) is 6. The molecule has 1 N–H and O–H groups in total. The topological polar surface area (TPSA) is 76.1 Å². The van der Waals surface area contributed by atoms with E-state index in [1.807, 2.05) is 0 Å². The number of carbonyl (C=O) groups excluding carboxylic acids is 2. The van der Waals surface area contributed by atoms with Crippen molar-refractivity contribution in [1.29, 1.82) is 0 Å². The predicted octanol–water partition coefficient (Wildman–Crippen LogP) is -0.0132. The van der Waals surface area contributed by atoms with Crippen LogP contribution in [0.25, 0.3) is 0 Å². The van der Waals surface area contributed by atoms with E-state index in [-0.39, 0.29) is 19.0 Å². The molecule has 7 heteroatoms. The van der Waals surface area contributed by atoms with Crippen LogP contribution in [-0.4, -0.2) is 55.2 Å². The van der Waals surface area contributed by atoms with Crippen molar-refractivity contribution in [3.8, 4) is 0 Å². The van der Waals surface area contributed by atoms with Gasteiger partial charge in [0.05, 0.1) is 13.1 Å². The molecular weight excluding hydrogens is 249 g/mol. The Morgan fingerprint density at radius 3 is 2.21 bits per heavy atom. The standard InChI is InChI=1S/C12H20BNO5/c1-14-7-10(15)18-13(19-11(16)8-14)12(17)9-5-3-2-4-6-9/h9,12,17H,2-8H2,1H3. The lowest BCUT2D eigenvalue weighted by Gasteiger charge is -2.30. The van der Waals surface area contributed by atoms with E-state index in [0.29, 0.717) is 0 Å². The smallest absolute Gasteiger partial charge is 0.497 e. The second-order valence-electron chi connectivity index (χ2n) is 5.41. The highest BCUT2D eigenvalue weighted by Gasteiger charge is 2.42. The van der Waals surface area contributed by atoms with Gasteiger partial charge in [-0.3, -0.25) is 14.5 Å². The quantitative estimate of drug-likeness (QED) is 0.710. The Bertz CT molecular complexity index is 325. The average molecular weight is 269 g/mol. The Morgan fingerprint density at radius 1 is 1.16 bits per heavy atom. The zero-order valence-electron chi connectivity index (χ0n) is 11.2. The predicted molar refractivity (Wildman–Crippen MR) is 68.0 cm³/mol. The van der Waals surface area contributed by atoms with Gasteiger partial charge in [0.1, 0.15) is 6.00 Å². The number of aliphatic hydroxyl groups excluding tert-OH is 1. The van der Waals surface area contributed by atoms with E-state index in [2.05, 4.69) is 0 Å². The number of likely N-dealkylation sites (N-methyl/N-ethyl adjacent to an activating group) is 1. The molecule has 0 bridgehead atoms. The number of nitrogens with zero attached hydrogens (tertiary/aromatic N) is 1. The largest absolute Gasteiger partial charge is 0.629 e.